The van der Waals surface area contributed by atoms with Gasteiger partial charge in [-0.25, -0.2) is 0 Å². The van der Waals surface area contributed by atoms with Crippen molar-refractivity contribution in [1.29, 1.82) is 0 Å². The predicted octanol–water partition coefficient (Wildman–Crippen LogP) is 2.41. The highest BCUT2D eigenvalue weighted by Crippen LogP contribution is 2.22. The Hall–Kier alpha value is -2.48. The Morgan fingerprint density at radius 1 is 1.45 bits per heavy atom. The summed E-state index contributed by atoms with van der Waals surface area (Å²) in [6.45, 7) is 5.33. The number of carbonyl (C=O) groups excluding carboxylic acids is 1. The minimum Gasteiger partial charge on any atom is -0.611 e. The Labute approximate surface area is 173 Å². The highest BCUT2D eigenvalue weighted by Gasteiger charge is 2.27. The van der Waals surface area contributed by atoms with Crippen LogP contribution in [-0.2, 0) is 22.4 Å². The van der Waals surface area contributed by atoms with Crippen LogP contribution in [0.1, 0.15) is 18.9 Å². The summed E-state index contributed by atoms with van der Waals surface area (Å²) >= 11 is -1.42. The third-order valence-corrected chi connectivity index (χ3v) is 5.46. The monoisotopic (exact) mass is 413 g/mol. The third kappa shape index (κ3) is 6.82. The summed E-state index contributed by atoms with van der Waals surface area (Å²) in [4.78, 5) is 12.7. The highest BCUT2D eigenvalue weighted by atomic mass is 32.2. The van der Waals surface area contributed by atoms with Crippen molar-refractivity contribution >= 4 is 35.2 Å². The van der Waals surface area contributed by atoms with Crippen LogP contribution < -0.4 is 5.32 Å². The lowest BCUT2D eigenvalue weighted by atomic mass is 9.76. The molecule has 3 N–H and O–H groups in total. The summed E-state index contributed by atoms with van der Waals surface area (Å²) in [6.07, 6.45) is 8.19. The second-order valence-electron chi connectivity index (χ2n) is 6.24. The van der Waals surface area contributed by atoms with Crippen molar-refractivity contribution < 1.29 is 23.8 Å². The zero-order chi connectivity index (χ0) is 21.2. The van der Waals surface area contributed by atoms with Gasteiger partial charge in [0.2, 0.25) is 5.91 Å². The van der Waals surface area contributed by atoms with Crippen LogP contribution in [0.15, 0.2) is 76.5 Å². The summed E-state index contributed by atoms with van der Waals surface area (Å²) in [6, 6.07) is 7.38. The van der Waals surface area contributed by atoms with Gasteiger partial charge in [-0.2, -0.15) is 0 Å². The van der Waals surface area contributed by atoms with Crippen LogP contribution in [0.5, 0.6) is 0 Å². The minimum atomic E-state index is -1.74. The van der Waals surface area contributed by atoms with Gasteiger partial charge in [-0.3, -0.25) is 4.79 Å². The van der Waals surface area contributed by atoms with Gasteiger partial charge in [0.25, 0.3) is 0 Å². The molecule has 1 amide bonds. The number of rotatable bonds is 10. The summed E-state index contributed by atoms with van der Waals surface area (Å²) in [5.41, 5.74) is 4.33. The summed E-state index contributed by atoms with van der Waals surface area (Å²) in [5.74, 6) is -1.24. The minimum absolute atomic E-state index is 0.0290. The largest absolute Gasteiger partial charge is 0.611 e. The number of hydrogen-bond acceptors (Lipinski definition) is 5. The Morgan fingerprint density at radius 3 is 2.90 bits per heavy atom. The van der Waals surface area contributed by atoms with Gasteiger partial charge in [0.1, 0.15) is 11.3 Å². The molecule has 0 fully saturated rings. The van der Waals surface area contributed by atoms with E-state index in [4.69, 9.17) is 4.42 Å². The molecule has 0 aliphatic carbocycles. The van der Waals surface area contributed by atoms with Gasteiger partial charge in [0.15, 0.2) is 4.91 Å². The Morgan fingerprint density at radius 2 is 2.21 bits per heavy atom. The first-order valence-electron chi connectivity index (χ1n) is 9.15. The standard InChI is InChI=1S/C21H24BNO5S/c1-3-5-9-17(8-4-2)29(27)13-12-21(24)23-20(22(25)26)14-16-15-28-19-11-7-6-10-18(16)19/h3-7,9-11,15,20,25-26H,1,12-14H2,2H3,(H,23,24)/b9-5-/t8?,20-,29?/m0/s1. The van der Waals surface area contributed by atoms with Crippen molar-refractivity contribution in [3.05, 3.63) is 77.6 Å². The van der Waals surface area contributed by atoms with Crippen LogP contribution in [0, 0.1) is 0 Å². The van der Waals surface area contributed by atoms with Gasteiger partial charge < -0.3 is 24.3 Å². The van der Waals surface area contributed by atoms with Crippen molar-refractivity contribution in [1.82, 2.24) is 5.32 Å². The Balaban J connectivity index is 1.98. The molecule has 152 valence electrons. The van der Waals surface area contributed by atoms with E-state index in [0.29, 0.717) is 10.5 Å². The van der Waals surface area contributed by atoms with Crippen LogP contribution in [0.3, 0.4) is 0 Å². The molecule has 29 heavy (non-hydrogen) atoms. The molecule has 0 saturated carbocycles. The Bertz CT molecular complexity index is 930. The molecule has 1 aromatic heterocycles. The zero-order valence-electron chi connectivity index (χ0n) is 16.2. The lowest BCUT2D eigenvalue weighted by molar-refractivity contribution is -0.121. The average molecular weight is 413 g/mol. The third-order valence-electron chi connectivity index (χ3n) is 4.14. The number of amides is 1. The van der Waals surface area contributed by atoms with Crippen molar-refractivity contribution in [3.63, 3.8) is 0 Å². The maximum absolute atomic E-state index is 12.4. The molecule has 0 bridgehead atoms. The number of furan rings is 1. The summed E-state index contributed by atoms with van der Waals surface area (Å²) < 4.78 is 17.8. The quantitative estimate of drug-likeness (QED) is 0.240. The molecular formula is C21H24BNO5S. The lowest BCUT2D eigenvalue weighted by Gasteiger charge is -2.17. The van der Waals surface area contributed by atoms with E-state index in [9.17, 15) is 19.4 Å². The average Bonchev–Trinajstić information content (AvgIpc) is 3.11. The molecule has 2 atom stereocenters. The highest BCUT2D eigenvalue weighted by molar-refractivity contribution is 7.95. The molecule has 0 aliphatic heterocycles. The molecule has 8 heteroatoms. The molecule has 1 unspecified atom stereocenters. The number of allylic oxidation sites excluding steroid dienone is 3. The van der Waals surface area contributed by atoms with Crippen LogP contribution in [-0.4, -0.2) is 39.3 Å². The SMILES string of the molecule is C=C/C=C\C(=C=CC)[S+]([O-])CCC(=O)N[C@@H](Cc1coc2ccccc12)B(O)O. The van der Waals surface area contributed by atoms with E-state index < -0.39 is 30.1 Å². The fourth-order valence-corrected chi connectivity index (χ4v) is 3.79. The van der Waals surface area contributed by atoms with Gasteiger partial charge in [-0.05, 0) is 42.2 Å². The van der Waals surface area contributed by atoms with Crippen LogP contribution in [0.25, 0.3) is 11.0 Å². The fourth-order valence-electron chi connectivity index (χ4n) is 2.72. The van der Waals surface area contributed by atoms with Crippen molar-refractivity contribution in [2.75, 3.05) is 5.75 Å². The first-order chi connectivity index (χ1) is 14.0. The van der Waals surface area contributed by atoms with E-state index in [1.165, 1.54) is 0 Å². The maximum atomic E-state index is 12.4. The normalized spacial score (nSPS) is 13.0. The van der Waals surface area contributed by atoms with Gasteiger partial charge in [-0.15, -0.1) is 0 Å². The number of benzene rings is 1. The smallest absolute Gasteiger partial charge is 0.475 e. The number of carbonyl (C=O) groups is 1. The molecule has 0 saturated heterocycles. The van der Waals surface area contributed by atoms with E-state index in [1.54, 1.807) is 37.5 Å². The molecule has 0 spiro atoms. The number of nitrogens with one attached hydrogen (secondary N) is 1. The molecule has 2 aromatic rings. The second kappa shape index (κ2) is 11.5. The van der Waals surface area contributed by atoms with Crippen molar-refractivity contribution in [2.24, 2.45) is 0 Å². The summed E-state index contributed by atoms with van der Waals surface area (Å²) in [5, 5.41) is 22.8. The van der Waals surface area contributed by atoms with E-state index in [-0.39, 0.29) is 18.6 Å². The van der Waals surface area contributed by atoms with Gasteiger partial charge >= 0.3 is 7.12 Å². The topological polar surface area (TPSA) is 106 Å². The predicted molar refractivity (Wildman–Crippen MR) is 116 cm³/mol. The summed E-state index contributed by atoms with van der Waals surface area (Å²) in [7, 11) is -1.74. The molecule has 6 nitrogen and oxygen atoms in total. The van der Waals surface area contributed by atoms with Crippen molar-refractivity contribution in [3.8, 4) is 0 Å². The van der Waals surface area contributed by atoms with Crippen LogP contribution >= 0.6 is 0 Å². The van der Waals surface area contributed by atoms with E-state index >= 15 is 0 Å². The van der Waals surface area contributed by atoms with Crippen LogP contribution in [0.2, 0.25) is 0 Å². The first-order valence-corrected chi connectivity index (χ1v) is 10.5. The van der Waals surface area contributed by atoms with E-state index in [1.807, 2.05) is 24.3 Å². The van der Waals surface area contributed by atoms with Crippen LogP contribution in [0.4, 0.5) is 0 Å². The molecule has 0 aliphatic rings. The van der Waals surface area contributed by atoms with Gasteiger partial charge in [0.05, 0.1) is 18.6 Å². The fraction of sp³-hybridized carbons (Fsp3) is 0.238. The molecule has 1 aromatic carbocycles. The number of fused-ring (bicyclic) bond motifs is 1. The van der Waals surface area contributed by atoms with E-state index in [2.05, 4.69) is 17.6 Å². The van der Waals surface area contributed by atoms with Crippen molar-refractivity contribution in [2.45, 2.75) is 25.7 Å². The Kier molecular flexibility index (Phi) is 9.05. The molecule has 1 heterocycles. The molecule has 0 radical (unpaired) electrons. The first kappa shape index (κ1) is 22.8. The molecular weight excluding hydrogens is 389 g/mol. The lowest BCUT2D eigenvalue weighted by Crippen LogP contribution is -2.48. The van der Waals surface area contributed by atoms with Gasteiger partial charge in [0, 0.05) is 11.5 Å². The van der Waals surface area contributed by atoms with E-state index in [0.717, 1.165) is 10.9 Å². The maximum Gasteiger partial charge on any atom is 0.475 e. The molecule has 2 rings (SSSR count). The number of hydrogen-bond donors (Lipinski definition) is 3. The number of para-hydroxylation sites is 1. The van der Waals surface area contributed by atoms with Gasteiger partial charge in [-0.1, -0.05) is 42.7 Å². The second-order valence-corrected chi connectivity index (χ2v) is 7.78. The zero-order valence-corrected chi connectivity index (χ0v) is 17.0.